The summed E-state index contributed by atoms with van der Waals surface area (Å²) in [5.74, 6) is 0.0255. The Morgan fingerprint density at radius 1 is 1.05 bits per heavy atom. The standard InChI is InChI=1S/C17H15NO2/c19-15-10-17(20,13-7-2-1-3-8-13)16-14-9-5-4-6-12(14)11-18(15)16/h1-9,16,20H,10-11H2. The number of carbonyl (C=O) groups excluding carboxylic acids is 1. The summed E-state index contributed by atoms with van der Waals surface area (Å²) in [6.45, 7) is 0.606. The van der Waals surface area contributed by atoms with E-state index in [0.29, 0.717) is 6.54 Å². The average molecular weight is 265 g/mol. The van der Waals surface area contributed by atoms with E-state index in [1.54, 1.807) is 4.90 Å². The van der Waals surface area contributed by atoms with Crippen molar-refractivity contribution in [3.8, 4) is 0 Å². The second kappa shape index (κ2) is 3.93. The van der Waals surface area contributed by atoms with Crippen LogP contribution in [0.4, 0.5) is 0 Å². The summed E-state index contributed by atoms with van der Waals surface area (Å²) < 4.78 is 0. The van der Waals surface area contributed by atoms with Crippen LogP contribution in [-0.2, 0) is 16.9 Å². The van der Waals surface area contributed by atoms with Gasteiger partial charge < -0.3 is 10.0 Å². The molecule has 0 radical (unpaired) electrons. The topological polar surface area (TPSA) is 40.5 Å². The van der Waals surface area contributed by atoms with E-state index in [1.807, 2.05) is 54.6 Å². The Morgan fingerprint density at radius 3 is 2.55 bits per heavy atom. The van der Waals surface area contributed by atoms with Crippen LogP contribution in [-0.4, -0.2) is 15.9 Å². The van der Waals surface area contributed by atoms with Crippen molar-refractivity contribution in [3.63, 3.8) is 0 Å². The minimum atomic E-state index is -1.12. The summed E-state index contributed by atoms with van der Waals surface area (Å²) in [6, 6.07) is 17.3. The largest absolute Gasteiger partial charge is 0.382 e. The summed E-state index contributed by atoms with van der Waals surface area (Å²) in [6.07, 6.45) is 0.163. The van der Waals surface area contributed by atoms with Gasteiger partial charge in [0.15, 0.2) is 0 Å². The Kier molecular flexibility index (Phi) is 2.30. The van der Waals surface area contributed by atoms with E-state index >= 15 is 0 Å². The van der Waals surface area contributed by atoms with Gasteiger partial charge in [-0.2, -0.15) is 0 Å². The van der Waals surface area contributed by atoms with E-state index in [-0.39, 0.29) is 18.4 Å². The number of hydrogen-bond acceptors (Lipinski definition) is 2. The van der Waals surface area contributed by atoms with Crippen molar-refractivity contribution in [1.82, 2.24) is 4.90 Å². The van der Waals surface area contributed by atoms with E-state index in [1.165, 1.54) is 0 Å². The highest BCUT2D eigenvalue weighted by molar-refractivity contribution is 5.83. The lowest BCUT2D eigenvalue weighted by molar-refractivity contribution is -0.129. The summed E-state index contributed by atoms with van der Waals surface area (Å²) in [5, 5.41) is 11.2. The minimum Gasteiger partial charge on any atom is -0.382 e. The van der Waals surface area contributed by atoms with Crippen LogP contribution in [0.3, 0.4) is 0 Å². The van der Waals surface area contributed by atoms with E-state index < -0.39 is 5.60 Å². The van der Waals surface area contributed by atoms with Crippen LogP contribution in [0.15, 0.2) is 54.6 Å². The molecule has 20 heavy (non-hydrogen) atoms. The summed E-state index contributed by atoms with van der Waals surface area (Å²) >= 11 is 0. The van der Waals surface area contributed by atoms with Gasteiger partial charge in [0, 0.05) is 6.54 Å². The third-order valence-corrected chi connectivity index (χ3v) is 4.47. The third-order valence-electron chi connectivity index (χ3n) is 4.47. The fraction of sp³-hybridized carbons (Fsp3) is 0.235. The van der Waals surface area contributed by atoms with Gasteiger partial charge in [-0.15, -0.1) is 0 Å². The Morgan fingerprint density at radius 2 is 1.75 bits per heavy atom. The maximum Gasteiger partial charge on any atom is 0.226 e. The monoisotopic (exact) mass is 265 g/mol. The predicted octanol–water partition coefficient (Wildman–Crippen LogP) is 2.36. The fourth-order valence-electron chi connectivity index (χ4n) is 3.55. The van der Waals surface area contributed by atoms with Crippen LogP contribution in [0.2, 0.25) is 0 Å². The molecule has 2 heterocycles. The Labute approximate surface area is 117 Å². The highest BCUT2D eigenvalue weighted by Crippen LogP contribution is 2.52. The molecule has 100 valence electrons. The van der Waals surface area contributed by atoms with Gasteiger partial charge in [-0.1, -0.05) is 54.6 Å². The molecule has 3 nitrogen and oxygen atoms in total. The zero-order valence-corrected chi connectivity index (χ0v) is 11.0. The van der Waals surface area contributed by atoms with Crippen molar-refractivity contribution < 1.29 is 9.90 Å². The quantitative estimate of drug-likeness (QED) is 0.860. The van der Waals surface area contributed by atoms with Gasteiger partial charge in [0.1, 0.15) is 5.60 Å². The summed E-state index contributed by atoms with van der Waals surface area (Å²) in [7, 11) is 0. The zero-order chi connectivity index (χ0) is 13.7. The third kappa shape index (κ3) is 1.41. The van der Waals surface area contributed by atoms with Gasteiger partial charge >= 0.3 is 0 Å². The molecular weight excluding hydrogens is 250 g/mol. The molecule has 2 aliphatic rings. The van der Waals surface area contributed by atoms with Crippen molar-refractivity contribution in [3.05, 3.63) is 71.3 Å². The normalized spacial score (nSPS) is 27.6. The Balaban J connectivity index is 1.89. The molecular formula is C17H15NO2. The molecule has 2 aromatic rings. The Hall–Kier alpha value is -2.13. The van der Waals surface area contributed by atoms with Gasteiger partial charge in [-0.25, -0.2) is 0 Å². The van der Waals surface area contributed by atoms with Gasteiger partial charge in [0.2, 0.25) is 5.91 Å². The lowest BCUT2D eigenvalue weighted by Gasteiger charge is -2.30. The highest BCUT2D eigenvalue weighted by atomic mass is 16.3. The van der Waals surface area contributed by atoms with Crippen LogP contribution >= 0.6 is 0 Å². The molecule has 0 saturated carbocycles. The molecule has 4 rings (SSSR count). The minimum absolute atomic E-state index is 0.0255. The maximum atomic E-state index is 12.3. The first-order chi connectivity index (χ1) is 9.70. The maximum absolute atomic E-state index is 12.3. The molecule has 2 atom stereocenters. The van der Waals surface area contributed by atoms with Crippen molar-refractivity contribution in [2.45, 2.75) is 24.6 Å². The first-order valence-corrected chi connectivity index (χ1v) is 6.85. The molecule has 0 aliphatic carbocycles. The molecule has 0 spiro atoms. The molecule has 2 unspecified atom stereocenters. The molecule has 2 aliphatic heterocycles. The Bertz CT molecular complexity index is 682. The highest BCUT2D eigenvalue weighted by Gasteiger charge is 2.55. The van der Waals surface area contributed by atoms with E-state index in [2.05, 4.69) is 0 Å². The number of carbonyl (C=O) groups is 1. The van der Waals surface area contributed by atoms with Crippen LogP contribution in [0.25, 0.3) is 0 Å². The second-order valence-corrected chi connectivity index (χ2v) is 5.59. The molecule has 2 aromatic carbocycles. The number of fused-ring (bicyclic) bond motifs is 3. The van der Waals surface area contributed by atoms with E-state index in [9.17, 15) is 9.90 Å². The molecule has 1 N–H and O–H groups in total. The molecule has 1 amide bonds. The van der Waals surface area contributed by atoms with Crippen LogP contribution in [0.1, 0.15) is 29.2 Å². The molecule has 0 bridgehead atoms. The van der Waals surface area contributed by atoms with Crippen molar-refractivity contribution in [1.29, 1.82) is 0 Å². The number of nitrogens with zero attached hydrogens (tertiary/aromatic N) is 1. The summed E-state index contributed by atoms with van der Waals surface area (Å²) in [4.78, 5) is 14.1. The van der Waals surface area contributed by atoms with E-state index in [0.717, 1.165) is 16.7 Å². The second-order valence-electron chi connectivity index (χ2n) is 5.59. The van der Waals surface area contributed by atoms with Gasteiger partial charge in [-0.3, -0.25) is 4.79 Å². The molecule has 1 fully saturated rings. The number of benzene rings is 2. The number of amides is 1. The van der Waals surface area contributed by atoms with Crippen LogP contribution in [0, 0.1) is 0 Å². The number of aliphatic hydroxyl groups is 1. The predicted molar refractivity (Wildman–Crippen MR) is 74.7 cm³/mol. The number of rotatable bonds is 1. The van der Waals surface area contributed by atoms with Gasteiger partial charge in [0.05, 0.1) is 12.5 Å². The lowest BCUT2D eigenvalue weighted by Crippen LogP contribution is -2.31. The van der Waals surface area contributed by atoms with Crippen molar-refractivity contribution in [2.24, 2.45) is 0 Å². The lowest BCUT2D eigenvalue weighted by atomic mass is 9.83. The van der Waals surface area contributed by atoms with Crippen molar-refractivity contribution in [2.75, 3.05) is 0 Å². The SMILES string of the molecule is O=C1CC(O)(c2ccccc2)C2c3ccccc3CN12. The van der Waals surface area contributed by atoms with Crippen LogP contribution < -0.4 is 0 Å². The van der Waals surface area contributed by atoms with E-state index in [4.69, 9.17) is 0 Å². The first-order valence-electron chi connectivity index (χ1n) is 6.85. The fourth-order valence-corrected chi connectivity index (χ4v) is 3.55. The summed E-state index contributed by atoms with van der Waals surface area (Å²) in [5.41, 5.74) is 1.91. The average Bonchev–Trinajstić information content (AvgIpc) is 2.98. The van der Waals surface area contributed by atoms with Gasteiger partial charge in [0.25, 0.3) is 0 Å². The smallest absolute Gasteiger partial charge is 0.226 e. The molecule has 0 aromatic heterocycles. The number of hydrogen-bond donors (Lipinski definition) is 1. The van der Waals surface area contributed by atoms with Crippen LogP contribution in [0.5, 0.6) is 0 Å². The van der Waals surface area contributed by atoms with Gasteiger partial charge in [-0.05, 0) is 16.7 Å². The molecule has 1 saturated heterocycles. The zero-order valence-electron chi connectivity index (χ0n) is 11.0. The first kappa shape index (κ1) is 11.7. The molecule has 3 heteroatoms. The van der Waals surface area contributed by atoms with Crippen molar-refractivity contribution >= 4 is 5.91 Å².